The van der Waals surface area contributed by atoms with Crippen LogP contribution in [0.4, 0.5) is 0 Å². The molecule has 0 fully saturated rings. The van der Waals surface area contributed by atoms with E-state index in [9.17, 15) is 9.59 Å². The molecule has 2 aliphatic rings. The summed E-state index contributed by atoms with van der Waals surface area (Å²) in [7, 11) is 1.49. The molecular weight excluding hydrogens is 497 g/mol. The van der Waals surface area contributed by atoms with Crippen molar-refractivity contribution in [2.75, 3.05) is 13.7 Å². The zero-order valence-corrected chi connectivity index (χ0v) is 20.6. The van der Waals surface area contributed by atoms with Crippen LogP contribution in [0.1, 0.15) is 16.1 Å². The minimum Gasteiger partial charge on any atom is -0.494 e. The number of carbonyl (C=O) groups is 2. The van der Waals surface area contributed by atoms with Crippen molar-refractivity contribution in [3.8, 4) is 28.0 Å². The maximum Gasteiger partial charge on any atom is 0.172 e. The number of benzene rings is 2. The van der Waals surface area contributed by atoms with Gasteiger partial charge in [0.2, 0.25) is 0 Å². The Hall–Kier alpha value is -4.00. The van der Waals surface area contributed by atoms with Crippen LogP contribution in [0.5, 0.6) is 5.75 Å². The van der Waals surface area contributed by atoms with Gasteiger partial charge >= 0.3 is 0 Å². The molecule has 0 saturated carbocycles. The Morgan fingerprint density at radius 1 is 0.972 bits per heavy atom. The lowest BCUT2D eigenvalue weighted by molar-refractivity contribution is -0.105. The zero-order valence-electron chi connectivity index (χ0n) is 19.1. The van der Waals surface area contributed by atoms with Crippen molar-refractivity contribution >= 4 is 47.2 Å². The van der Waals surface area contributed by atoms with Crippen molar-refractivity contribution < 1.29 is 14.3 Å². The fraction of sp³-hybridized carbons (Fsp3) is 0.0714. The summed E-state index contributed by atoms with van der Waals surface area (Å²) in [5, 5.41) is 1.05. The third-order valence-corrected chi connectivity index (χ3v) is 6.82. The average molecular weight is 516 g/mol. The second-order valence-corrected chi connectivity index (χ2v) is 8.87. The van der Waals surface area contributed by atoms with E-state index in [2.05, 4.69) is 9.98 Å². The van der Waals surface area contributed by atoms with E-state index in [1.54, 1.807) is 18.5 Å². The third-order valence-electron chi connectivity index (χ3n) is 6.00. The molecule has 2 aromatic carbocycles. The first-order valence-corrected chi connectivity index (χ1v) is 11.8. The van der Waals surface area contributed by atoms with E-state index >= 15 is 0 Å². The molecule has 36 heavy (non-hydrogen) atoms. The number of hydrogen-bond acceptors (Lipinski definition) is 6. The van der Waals surface area contributed by atoms with E-state index in [1.807, 2.05) is 59.7 Å². The fourth-order valence-corrected chi connectivity index (χ4v) is 4.84. The Morgan fingerprint density at radius 3 is 2.36 bits per heavy atom. The molecule has 0 radical (unpaired) electrons. The molecule has 5 rings (SSSR count). The molecule has 3 heterocycles. The number of amidine groups is 1. The summed E-state index contributed by atoms with van der Waals surface area (Å²) in [5.41, 5.74) is 5.54. The van der Waals surface area contributed by atoms with Gasteiger partial charge in [0.25, 0.3) is 0 Å². The van der Waals surface area contributed by atoms with Crippen LogP contribution in [-0.4, -0.2) is 41.9 Å². The second-order valence-electron chi connectivity index (χ2n) is 8.12. The number of aldehydes is 2. The van der Waals surface area contributed by atoms with E-state index in [0.29, 0.717) is 39.8 Å². The number of allylic oxidation sites excluding steroid dienone is 2. The standard InChI is InChI=1S/C28H19Cl2N3O3/c1-36-25-10-19(13-31-24(25)16-35)21-5-3-7-23(28(21)30)22-6-2-4-20(27(22)29)18-8-9-33-14-17(15-34)12-32-26(33)11-18/h2-13,15-16H,14H2,1H3. The minimum absolute atomic E-state index is 0.220. The van der Waals surface area contributed by atoms with Crippen LogP contribution >= 0.6 is 23.2 Å². The summed E-state index contributed by atoms with van der Waals surface area (Å²) in [5.74, 6) is 1.11. The van der Waals surface area contributed by atoms with Crippen LogP contribution in [-0.2, 0) is 4.79 Å². The molecule has 0 bridgehead atoms. The molecule has 0 aliphatic carbocycles. The highest BCUT2D eigenvalue weighted by atomic mass is 35.5. The number of hydrogen-bond donors (Lipinski definition) is 0. The SMILES string of the molecule is COc1cc(-c2cccc(-c3cccc(C4=CC5=NC=C(C=O)CN5C=C4)c3Cl)c2Cl)cnc1C=O. The highest BCUT2D eigenvalue weighted by molar-refractivity contribution is 6.39. The Morgan fingerprint density at radius 2 is 1.67 bits per heavy atom. The Labute approximate surface area is 217 Å². The van der Waals surface area contributed by atoms with Gasteiger partial charge in [-0.3, -0.25) is 9.59 Å². The average Bonchev–Trinajstić information content (AvgIpc) is 2.92. The van der Waals surface area contributed by atoms with Gasteiger partial charge < -0.3 is 9.64 Å². The molecule has 0 saturated heterocycles. The highest BCUT2D eigenvalue weighted by Gasteiger charge is 2.21. The largest absolute Gasteiger partial charge is 0.494 e. The van der Waals surface area contributed by atoms with Crippen molar-refractivity contribution in [1.82, 2.24) is 9.88 Å². The highest BCUT2D eigenvalue weighted by Crippen LogP contribution is 2.42. The van der Waals surface area contributed by atoms with Gasteiger partial charge in [0, 0.05) is 52.0 Å². The summed E-state index contributed by atoms with van der Waals surface area (Å²) in [6, 6.07) is 13.2. The molecule has 1 aromatic heterocycles. The number of halogens is 2. The van der Waals surface area contributed by atoms with Crippen molar-refractivity contribution in [3.63, 3.8) is 0 Å². The normalized spacial score (nSPS) is 14.4. The summed E-state index contributed by atoms with van der Waals surface area (Å²) in [4.78, 5) is 32.8. The number of fused-ring (bicyclic) bond motifs is 1. The number of methoxy groups -OCH3 is 1. The van der Waals surface area contributed by atoms with Gasteiger partial charge in [-0.2, -0.15) is 0 Å². The summed E-state index contributed by atoms with van der Waals surface area (Å²) in [6.07, 6.45) is 10.4. The van der Waals surface area contributed by atoms with Gasteiger partial charge in [-0.25, -0.2) is 9.98 Å². The first-order valence-electron chi connectivity index (χ1n) is 11.0. The van der Waals surface area contributed by atoms with Crippen LogP contribution in [0.2, 0.25) is 10.0 Å². The molecular formula is C28H19Cl2N3O3. The van der Waals surface area contributed by atoms with Crippen molar-refractivity contribution in [1.29, 1.82) is 0 Å². The zero-order chi connectivity index (χ0) is 25.2. The number of ether oxygens (including phenoxy) is 1. The smallest absolute Gasteiger partial charge is 0.172 e. The van der Waals surface area contributed by atoms with Gasteiger partial charge in [0.15, 0.2) is 6.29 Å². The fourth-order valence-electron chi connectivity index (χ4n) is 4.16. The van der Waals surface area contributed by atoms with Crippen molar-refractivity contribution in [3.05, 3.63) is 100 Å². The number of rotatable bonds is 6. The molecule has 0 unspecified atom stereocenters. The van der Waals surface area contributed by atoms with Gasteiger partial charge in [-0.05, 0) is 23.8 Å². The molecule has 0 N–H and O–H groups in total. The second kappa shape index (κ2) is 9.93. The topological polar surface area (TPSA) is 71.9 Å². The lowest BCUT2D eigenvalue weighted by Gasteiger charge is -2.27. The Kier molecular flexibility index (Phi) is 6.55. The lowest BCUT2D eigenvalue weighted by Crippen LogP contribution is -2.30. The number of pyridine rings is 1. The molecule has 178 valence electrons. The van der Waals surface area contributed by atoms with E-state index in [0.717, 1.165) is 39.9 Å². The molecule has 8 heteroatoms. The van der Waals surface area contributed by atoms with E-state index < -0.39 is 0 Å². The molecule has 3 aromatic rings. The van der Waals surface area contributed by atoms with Gasteiger partial charge in [0.05, 0.1) is 23.7 Å². The molecule has 0 amide bonds. The number of nitrogens with zero attached hydrogens (tertiary/aromatic N) is 3. The molecule has 2 aliphatic heterocycles. The van der Waals surface area contributed by atoms with Crippen LogP contribution < -0.4 is 4.74 Å². The predicted molar refractivity (Wildman–Crippen MR) is 142 cm³/mol. The molecule has 6 nitrogen and oxygen atoms in total. The van der Waals surface area contributed by atoms with Crippen molar-refractivity contribution in [2.24, 2.45) is 4.99 Å². The quantitative estimate of drug-likeness (QED) is 0.362. The van der Waals surface area contributed by atoms with E-state index in [-0.39, 0.29) is 5.69 Å². The molecule has 0 spiro atoms. The number of carbonyl (C=O) groups excluding carboxylic acids is 2. The first-order chi connectivity index (χ1) is 17.5. The van der Waals surface area contributed by atoms with E-state index in [4.69, 9.17) is 27.9 Å². The van der Waals surface area contributed by atoms with Gasteiger partial charge in [-0.1, -0.05) is 59.6 Å². The van der Waals surface area contributed by atoms with E-state index in [1.165, 1.54) is 7.11 Å². The van der Waals surface area contributed by atoms with Crippen LogP contribution in [0.25, 0.3) is 27.8 Å². The Balaban J connectivity index is 1.56. The maximum absolute atomic E-state index is 11.2. The van der Waals surface area contributed by atoms with Gasteiger partial charge in [0.1, 0.15) is 23.6 Å². The Bertz CT molecular complexity index is 1520. The van der Waals surface area contributed by atoms with Crippen LogP contribution in [0.3, 0.4) is 0 Å². The van der Waals surface area contributed by atoms with Crippen LogP contribution in [0.15, 0.2) is 83.8 Å². The summed E-state index contributed by atoms with van der Waals surface area (Å²) in [6.45, 7) is 0.478. The lowest BCUT2D eigenvalue weighted by atomic mass is 9.95. The number of aliphatic imine (C=N–C) groups is 1. The summed E-state index contributed by atoms with van der Waals surface area (Å²) >= 11 is 13.8. The predicted octanol–water partition coefficient (Wildman–Crippen LogP) is 6.25. The maximum atomic E-state index is 11.2. The minimum atomic E-state index is 0.220. The molecule has 0 atom stereocenters. The van der Waals surface area contributed by atoms with Crippen molar-refractivity contribution in [2.45, 2.75) is 0 Å². The summed E-state index contributed by atoms with van der Waals surface area (Å²) < 4.78 is 5.30. The van der Waals surface area contributed by atoms with Gasteiger partial charge in [-0.15, -0.1) is 0 Å². The third kappa shape index (κ3) is 4.26. The number of aromatic nitrogens is 1. The monoisotopic (exact) mass is 515 g/mol. The first kappa shape index (κ1) is 23.7. The van der Waals surface area contributed by atoms with Crippen LogP contribution in [0, 0.1) is 0 Å².